The number of anilines is 1. The number of nitrogens with zero attached hydrogens (tertiary/aromatic N) is 1. The minimum Gasteiger partial charge on any atom is -0.478 e. The Morgan fingerprint density at radius 1 is 1.60 bits per heavy atom. The van der Waals surface area contributed by atoms with Gasteiger partial charge in [-0.2, -0.15) is 0 Å². The molecule has 0 saturated heterocycles. The summed E-state index contributed by atoms with van der Waals surface area (Å²) >= 11 is 0. The van der Waals surface area contributed by atoms with E-state index in [1.807, 2.05) is 0 Å². The van der Waals surface area contributed by atoms with Gasteiger partial charge in [0.2, 0.25) is 0 Å². The van der Waals surface area contributed by atoms with Crippen molar-refractivity contribution in [3.63, 3.8) is 0 Å². The largest absolute Gasteiger partial charge is 0.478 e. The number of nitrogens with one attached hydrogen (secondary N) is 1. The van der Waals surface area contributed by atoms with Crippen LogP contribution in [0.2, 0.25) is 0 Å². The van der Waals surface area contributed by atoms with E-state index in [0.717, 1.165) is 0 Å². The summed E-state index contributed by atoms with van der Waals surface area (Å²) in [7, 11) is -1.25. The van der Waals surface area contributed by atoms with E-state index in [2.05, 4.69) is 9.71 Å². The van der Waals surface area contributed by atoms with Crippen molar-refractivity contribution in [1.82, 2.24) is 4.98 Å². The molecular weight excluding hydrogens is 216 g/mol. The summed E-state index contributed by atoms with van der Waals surface area (Å²) in [6.45, 7) is 3.59. The quantitative estimate of drug-likeness (QED) is 0.813. The molecule has 1 heterocycles. The number of hydrogen-bond acceptors (Lipinski definition) is 3. The highest BCUT2D eigenvalue weighted by atomic mass is 32.2. The van der Waals surface area contributed by atoms with E-state index in [9.17, 15) is 9.00 Å². The van der Waals surface area contributed by atoms with Gasteiger partial charge in [-0.25, -0.2) is 14.0 Å². The van der Waals surface area contributed by atoms with Gasteiger partial charge < -0.3 is 5.11 Å². The zero-order chi connectivity index (χ0) is 11.4. The molecule has 0 spiro atoms. The Labute approximate surface area is 90.1 Å². The van der Waals surface area contributed by atoms with Crippen LogP contribution in [0.4, 0.5) is 5.82 Å². The minimum absolute atomic E-state index is 0.0553. The van der Waals surface area contributed by atoms with Gasteiger partial charge in [0.15, 0.2) is 0 Å². The third-order valence-corrected chi connectivity index (χ3v) is 2.91. The molecule has 1 atom stereocenters. The molecule has 1 rings (SSSR count). The molecule has 82 valence electrons. The first kappa shape index (κ1) is 11.6. The Kier molecular flexibility index (Phi) is 3.79. The van der Waals surface area contributed by atoms with Gasteiger partial charge in [0.25, 0.3) is 0 Å². The second-order valence-electron chi connectivity index (χ2n) is 3.18. The summed E-state index contributed by atoms with van der Waals surface area (Å²) in [4.78, 5) is 14.5. The summed E-state index contributed by atoms with van der Waals surface area (Å²) < 4.78 is 14.0. The van der Waals surface area contributed by atoms with E-state index in [1.54, 1.807) is 13.8 Å². The number of aromatic nitrogens is 1. The standard InChI is InChI=1S/C9H12N2O3S/c1-6(2)15(14)11-8-5-7(9(12)13)3-4-10-8/h3-6H,1-2H3,(H,10,11)(H,12,13). The number of hydrogen-bond donors (Lipinski definition) is 2. The summed E-state index contributed by atoms with van der Waals surface area (Å²) in [6.07, 6.45) is 1.36. The van der Waals surface area contributed by atoms with E-state index in [0.29, 0.717) is 5.82 Å². The molecule has 15 heavy (non-hydrogen) atoms. The van der Waals surface area contributed by atoms with Crippen LogP contribution < -0.4 is 4.72 Å². The van der Waals surface area contributed by atoms with Crippen molar-refractivity contribution in [2.45, 2.75) is 19.1 Å². The average Bonchev–Trinajstić information content (AvgIpc) is 2.18. The number of carboxylic acids is 1. The molecule has 0 saturated carbocycles. The lowest BCUT2D eigenvalue weighted by Crippen LogP contribution is -2.15. The van der Waals surface area contributed by atoms with Crippen molar-refractivity contribution in [2.24, 2.45) is 0 Å². The third-order valence-electron chi connectivity index (χ3n) is 1.64. The highest BCUT2D eigenvalue weighted by molar-refractivity contribution is 7.86. The number of pyridine rings is 1. The maximum absolute atomic E-state index is 11.4. The molecule has 0 fully saturated rings. The Bertz CT molecular complexity index is 393. The number of carboxylic acid groups (broad SMARTS) is 1. The van der Waals surface area contributed by atoms with E-state index in [1.165, 1.54) is 18.3 Å². The van der Waals surface area contributed by atoms with Gasteiger partial charge in [0.05, 0.1) is 5.56 Å². The average molecular weight is 228 g/mol. The van der Waals surface area contributed by atoms with Gasteiger partial charge in [0, 0.05) is 11.4 Å². The fraction of sp³-hybridized carbons (Fsp3) is 0.333. The Balaban J connectivity index is 2.83. The zero-order valence-electron chi connectivity index (χ0n) is 8.43. The lowest BCUT2D eigenvalue weighted by atomic mass is 10.3. The second-order valence-corrected chi connectivity index (χ2v) is 4.92. The molecule has 0 radical (unpaired) electrons. The van der Waals surface area contributed by atoms with Gasteiger partial charge >= 0.3 is 5.97 Å². The molecule has 0 aliphatic carbocycles. The van der Waals surface area contributed by atoms with Crippen LogP contribution in [0.15, 0.2) is 18.3 Å². The van der Waals surface area contributed by atoms with Crippen molar-refractivity contribution >= 4 is 22.8 Å². The first-order valence-electron chi connectivity index (χ1n) is 4.37. The van der Waals surface area contributed by atoms with Crippen LogP contribution >= 0.6 is 0 Å². The van der Waals surface area contributed by atoms with Crippen molar-refractivity contribution in [2.75, 3.05) is 4.72 Å². The van der Waals surface area contributed by atoms with Gasteiger partial charge in [-0.15, -0.1) is 0 Å². The van der Waals surface area contributed by atoms with Gasteiger partial charge in [-0.1, -0.05) is 0 Å². The normalized spacial score (nSPS) is 12.5. The molecule has 1 aromatic heterocycles. The second kappa shape index (κ2) is 4.88. The fourth-order valence-electron chi connectivity index (χ4n) is 0.840. The molecule has 0 aliphatic rings. The SMILES string of the molecule is CC(C)S(=O)Nc1cc(C(=O)O)ccn1. The Hall–Kier alpha value is -1.43. The molecular formula is C9H12N2O3S. The van der Waals surface area contributed by atoms with Crippen LogP contribution in [0.5, 0.6) is 0 Å². The molecule has 5 nitrogen and oxygen atoms in total. The predicted molar refractivity (Wildman–Crippen MR) is 58.1 cm³/mol. The van der Waals surface area contributed by atoms with Crippen molar-refractivity contribution in [3.05, 3.63) is 23.9 Å². The summed E-state index contributed by atoms with van der Waals surface area (Å²) in [5, 5.41) is 8.67. The van der Waals surface area contributed by atoms with Crippen molar-refractivity contribution in [1.29, 1.82) is 0 Å². The van der Waals surface area contributed by atoms with E-state index in [-0.39, 0.29) is 10.8 Å². The van der Waals surface area contributed by atoms with Gasteiger partial charge in [-0.05, 0) is 26.0 Å². The zero-order valence-corrected chi connectivity index (χ0v) is 9.25. The van der Waals surface area contributed by atoms with Crippen LogP contribution in [-0.4, -0.2) is 25.5 Å². The maximum Gasteiger partial charge on any atom is 0.335 e. The van der Waals surface area contributed by atoms with Crippen LogP contribution in [0.1, 0.15) is 24.2 Å². The smallest absolute Gasteiger partial charge is 0.335 e. The maximum atomic E-state index is 11.4. The molecule has 0 aromatic carbocycles. The predicted octanol–water partition coefficient (Wildman–Crippen LogP) is 1.26. The first-order valence-corrected chi connectivity index (χ1v) is 5.58. The number of aromatic carboxylic acids is 1. The van der Waals surface area contributed by atoms with Crippen LogP contribution in [-0.2, 0) is 11.0 Å². The Morgan fingerprint density at radius 2 is 2.27 bits per heavy atom. The van der Waals surface area contributed by atoms with Gasteiger partial charge in [0.1, 0.15) is 16.8 Å². The highest BCUT2D eigenvalue weighted by Crippen LogP contribution is 2.08. The summed E-state index contributed by atoms with van der Waals surface area (Å²) in [5.74, 6) is -0.724. The van der Waals surface area contributed by atoms with Gasteiger partial charge in [-0.3, -0.25) is 4.72 Å². The molecule has 0 aliphatic heterocycles. The fourth-order valence-corrected chi connectivity index (χ4v) is 1.39. The van der Waals surface area contributed by atoms with E-state index < -0.39 is 17.0 Å². The minimum atomic E-state index is -1.25. The van der Waals surface area contributed by atoms with Crippen LogP contribution in [0, 0.1) is 0 Å². The molecule has 0 amide bonds. The molecule has 1 unspecified atom stereocenters. The van der Waals surface area contributed by atoms with Crippen molar-refractivity contribution in [3.8, 4) is 0 Å². The summed E-state index contributed by atoms with van der Waals surface area (Å²) in [5.41, 5.74) is 0.119. The van der Waals surface area contributed by atoms with Crippen molar-refractivity contribution < 1.29 is 14.1 Å². The van der Waals surface area contributed by atoms with E-state index >= 15 is 0 Å². The molecule has 1 aromatic rings. The topological polar surface area (TPSA) is 79.3 Å². The van der Waals surface area contributed by atoms with Crippen LogP contribution in [0.25, 0.3) is 0 Å². The summed E-state index contributed by atoms with van der Waals surface area (Å²) in [6, 6.07) is 2.73. The number of rotatable bonds is 4. The van der Waals surface area contributed by atoms with Crippen LogP contribution in [0.3, 0.4) is 0 Å². The monoisotopic (exact) mass is 228 g/mol. The third kappa shape index (κ3) is 3.32. The Morgan fingerprint density at radius 3 is 2.80 bits per heavy atom. The molecule has 2 N–H and O–H groups in total. The molecule has 6 heteroatoms. The highest BCUT2D eigenvalue weighted by Gasteiger charge is 2.08. The lowest BCUT2D eigenvalue weighted by Gasteiger charge is -2.07. The van der Waals surface area contributed by atoms with E-state index in [4.69, 9.17) is 5.11 Å². The molecule has 0 bridgehead atoms. The lowest BCUT2D eigenvalue weighted by molar-refractivity contribution is 0.0697. The first-order chi connectivity index (χ1) is 7.00. The number of carbonyl (C=O) groups is 1.